The second-order valence-electron chi connectivity index (χ2n) is 6.32. The van der Waals surface area contributed by atoms with Crippen molar-refractivity contribution in [2.45, 2.75) is 18.9 Å². The quantitative estimate of drug-likeness (QED) is 0.710. The van der Waals surface area contributed by atoms with Crippen LogP contribution in [0.5, 0.6) is 11.5 Å². The van der Waals surface area contributed by atoms with Crippen molar-refractivity contribution in [3.63, 3.8) is 0 Å². The topological polar surface area (TPSA) is 85.9 Å². The first-order valence-electron chi connectivity index (χ1n) is 8.77. The standard InChI is InChI=1S/C20H21FN2O5/c1-26-19(24)11-22-20(25)23-16(8-13-2-5-15(21)6-3-13)9-14-4-7-17-18(10-14)28-12-27-17/h2-7,10,16H,8-9,11-12H2,1H3,(H2,22,23,25)/t16-/m1/s1. The van der Waals surface area contributed by atoms with E-state index in [1.165, 1.54) is 19.2 Å². The van der Waals surface area contributed by atoms with Crippen molar-refractivity contribution >= 4 is 12.0 Å². The molecule has 0 aromatic heterocycles. The fourth-order valence-corrected chi connectivity index (χ4v) is 2.89. The number of carbonyl (C=O) groups is 2. The number of halogens is 1. The van der Waals surface area contributed by atoms with Gasteiger partial charge in [0.2, 0.25) is 6.79 Å². The molecule has 2 amide bonds. The molecule has 1 atom stereocenters. The number of nitrogens with one attached hydrogen (secondary N) is 2. The third-order valence-electron chi connectivity index (χ3n) is 4.27. The van der Waals surface area contributed by atoms with E-state index in [2.05, 4.69) is 15.4 Å². The van der Waals surface area contributed by atoms with Gasteiger partial charge in [0.1, 0.15) is 12.4 Å². The van der Waals surface area contributed by atoms with Crippen molar-refractivity contribution in [1.82, 2.24) is 10.6 Å². The van der Waals surface area contributed by atoms with E-state index in [0.717, 1.165) is 11.1 Å². The van der Waals surface area contributed by atoms with Crippen molar-refractivity contribution in [3.05, 3.63) is 59.4 Å². The molecule has 1 aliphatic heterocycles. The number of amides is 2. The molecule has 0 fully saturated rings. The second kappa shape index (κ2) is 9.07. The molecule has 8 heteroatoms. The summed E-state index contributed by atoms with van der Waals surface area (Å²) in [5, 5.41) is 5.31. The lowest BCUT2D eigenvalue weighted by Gasteiger charge is -2.19. The zero-order valence-corrected chi connectivity index (χ0v) is 15.4. The summed E-state index contributed by atoms with van der Waals surface area (Å²) in [6, 6.07) is 10.9. The summed E-state index contributed by atoms with van der Waals surface area (Å²) in [5.74, 6) is 0.483. The van der Waals surface area contributed by atoms with Gasteiger partial charge in [-0.2, -0.15) is 0 Å². The molecule has 0 saturated carbocycles. The Kier molecular flexibility index (Phi) is 6.31. The van der Waals surface area contributed by atoms with E-state index in [4.69, 9.17) is 9.47 Å². The van der Waals surface area contributed by atoms with Crippen molar-refractivity contribution in [1.29, 1.82) is 0 Å². The van der Waals surface area contributed by atoms with Gasteiger partial charge in [0.05, 0.1) is 7.11 Å². The highest BCUT2D eigenvalue weighted by atomic mass is 19.1. The summed E-state index contributed by atoms with van der Waals surface area (Å²) in [6.07, 6.45) is 1.00. The van der Waals surface area contributed by atoms with Crippen LogP contribution in [0.15, 0.2) is 42.5 Å². The van der Waals surface area contributed by atoms with Gasteiger partial charge in [-0.15, -0.1) is 0 Å². The number of benzene rings is 2. The van der Waals surface area contributed by atoms with Gasteiger partial charge >= 0.3 is 12.0 Å². The van der Waals surface area contributed by atoms with Crippen LogP contribution >= 0.6 is 0 Å². The number of carbonyl (C=O) groups excluding carboxylic acids is 2. The average Bonchev–Trinajstić information content (AvgIpc) is 3.15. The molecule has 2 N–H and O–H groups in total. The Hall–Kier alpha value is -3.29. The minimum absolute atomic E-state index is 0.186. The summed E-state index contributed by atoms with van der Waals surface area (Å²) in [4.78, 5) is 23.4. The normalized spacial score (nSPS) is 12.9. The minimum atomic E-state index is -0.541. The Morgan fingerprint density at radius 1 is 1.07 bits per heavy atom. The maximum atomic E-state index is 13.2. The highest BCUT2D eigenvalue weighted by molar-refractivity contribution is 5.80. The molecule has 1 aliphatic rings. The number of esters is 1. The molecule has 0 unspecified atom stereocenters. The minimum Gasteiger partial charge on any atom is -0.468 e. The molecule has 0 bridgehead atoms. The molecule has 0 radical (unpaired) electrons. The largest absolute Gasteiger partial charge is 0.468 e. The maximum absolute atomic E-state index is 13.2. The molecule has 3 rings (SSSR count). The van der Waals surface area contributed by atoms with Crippen LogP contribution in [0.3, 0.4) is 0 Å². The summed E-state index contributed by atoms with van der Waals surface area (Å²) in [7, 11) is 1.25. The number of fused-ring (bicyclic) bond motifs is 1. The highest BCUT2D eigenvalue weighted by Crippen LogP contribution is 2.32. The fraction of sp³-hybridized carbons (Fsp3) is 0.300. The average molecular weight is 388 g/mol. The van der Waals surface area contributed by atoms with Crippen LogP contribution in [0.1, 0.15) is 11.1 Å². The van der Waals surface area contributed by atoms with E-state index in [-0.39, 0.29) is 25.2 Å². The van der Waals surface area contributed by atoms with E-state index >= 15 is 0 Å². The van der Waals surface area contributed by atoms with Gasteiger partial charge < -0.3 is 24.8 Å². The zero-order chi connectivity index (χ0) is 19.9. The number of urea groups is 1. The van der Waals surface area contributed by atoms with Crippen LogP contribution in [-0.4, -0.2) is 38.5 Å². The third-order valence-corrected chi connectivity index (χ3v) is 4.27. The SMILES string of the molecule is COC(=O)CNC(=O)N[C@H](Cc1ccc(F)cc1)Cc1ccc2c(c1)OCO2. The van der Waals surface area contributed by atoms with Gasteiger partial charge in [-0.3, -0.25) is 4.79 Å². The van der Waals surface area contributed by atoms with Gasteiger partial charge in [0, 0.05) is 6.04 Å². The summed E-state index contributed by atoms with van der Waals surface area (Å²) in [6.45, 7) is -0.0401. The van der Waals surface area contributed by atoms with Crippen LogP contribution < -0.4 is 20.1 Å². The fourth-order valence-electron chi connectivity index (χ4n) is 2.89. The van der Waals surface area contributed by atoms with E-state index in [1.807, 2.05) is 18.2 Å². The molecule has 0 aliphatic carbocycles. The predicted octanol–water partition coefficient (Wildman–Crippen LogP) is 2.18. The molecular formula is C20H21FN2O5. The Morgan fingerprint density at radius 3 is 2.50 bits per heavy atom. The Labute approximate surface area is 161 Å². The Morgan fingerprint density at radius 2 is 1.75 bits per heavy atom. The number of methoxy groups -OCH3 is 1. The van der Waals surface area contributed by atoms with Crippen LogP contribution in [0, 0.1) is 5.82 Å². The van der Waals surface area contributed by atoms with E-state index < -0.39 is 12.0 Å². The summed E-state index contributed by atoms with van der Waals surface area (Å²) in [5.41, 5.74) is 1.82. The summed E-state index contributed by atoms with van der Waals surface area (Å²) < 4.78 is 28.4. The maximum Gasteiger partial charge on any atom is 0.325 e. The van der Waals surface area contributed by atoms with Gasteiger partial charge in [0.25, 0.3) is 0 Å². The molecule has 2 aromatic carbocycles. The number of ether oxygens (including phenoxy) is 3. The lowest BCUT2D eigenvalue weighted by atomic mass is 9.98. The number of hydrogen-bond acceptors (Lipinski definition) is 5. The smallest absolute Gasteiger partial charge is 0.325 e. The third kappa shape index (κ3) is 5.35. The first kappa shape index (κ1) is 19.5. The van der Waals surface area contributed by atoms with Gasteiger partial charge in [-0.25, -0.2) is 9.18 Å². The van der Waals surface area contributed by atoms with Crippen molar-refractivity contribution in [3.8, 4) is 11.5 Å². The van der Waals surface area contributed by atoms with E-state index in [1.54, 1.807) is 12.1 Å². The zero-order valence-electron chi connectivity index (χ0n) is 15.4. The molecule has 1 heterocycles. The predicted molar refractivity (Wildman–Crippen MR) is 98.7 cm³/mol. The van der Waals surface area contributed by atoms with Crippen molar-refractivity contribution < 1.29 is 28.2 Å². The number of hydrogen-bond donors (Lipinski definition) is 2. The molecule has 28 heavy (non-hydrogen) atoms. The Bertz CT molecular complexity index is 841. The lowest BCUT2D eigenvalue weighted by Crippen LogP contribution is -2.45. The molecule has 0 spiro atoms. The number of rotatable bonds is 7. The van der Waals surface area contributed by atoms with Crippen LogP contribution in [0.25, 0.3) is 0 Å². The van der Waals surface area contributed by atoms with Crippen LogP contribution in [-0.2, 0) is 22.4 Å². The first-order valence-corrected chi connectivity index (χ1v) is 8.77. The van der Waals surface area contributed by atoms with Crippen LogP contribution in [0.4, 0.5) is 9.18 Å². The van der Waals surface area contributed by atoms with E-state index in [0.29, 0.717) is 24.3 Å². The molecule has 148 valence electrons. The van der Waals surface area contributed by atoms with Gasteiger partial charge in [-0.05, 0) is 48.2 Å². The molecule has 2 aromatic rings. The molecule has 7 nitrogen and oxygen atoms in total. The summed E-state index contributed by atoms with van der Waals surface area (Å²) >= 11 is 0. The Balaban J connectivity index is 1.68. The molecular weight excluding hydrogens is 367 g/mol. The highest BCUT2D eigenvalue weighted by Gasteiger charge is 2.18. The second-order valence-corrected chi connectivity index (χ2v) is 6.32. The lowest BCUT2D eigenvalue weighted by molar-refractivity contribution is -0.139. The first-order chi connectivity index (χ1) is 13.5. The van der Waals surface area contributed by atoms with E-state index in [9.17, 15) is 14.0 Å². The van der Waals surface area contributed by atoms with Gasteiger partial charge in [0.15, 0.2) is 11.5 Å². The molecule has 0 saturated heterocycles. The van der Waals surface area contributed by atoms with Crippen molar-refractivity contribution in [2.24, 2.45) is 0 Å². The van der Waals surface area contributed by atoms with Crippen LogP contribution in [0.2, 0.25) is 0 Å². The van der Waals surface area contributed by atoms with Crippen molar-refractivity contribution in [2.75, 3.05) is 20.4 Å². The van der Waals surface area contributed by atoms with Gasteiger partial charge in [-0.1, -0.05) is 18.2 Å². The monoisotopic (exact) mass is 388 g/mol.